The predicted molar refractivity (Wildman–Crippen MR) is 268 cm³/mol. The number of hydrogen-bond acceptors (Lipinski definition) is 5. The van der Waals surface area contributed by atoms with Gasteiger partial charge in [-0.2, -0.15) is 0 Å². The van der Waals surface area contributed by atoms with Crippen molar-refractivity contribution in [2.45, 2.75) is 225 Å². The van der Waals surface area contributed by atoms with E-state index in [2.05, 4.69) is 117 Å². The normalized spacial score (nSPS) is 14.2. The fourth-order valence-corrected chi connectivity index (χ4v) is 6.89. The first-order valence-electron chi connectivity index (χ1n) is 25.2. The van der Waals surface area contributed by atoms with Crippen LogP contribution in [0.2, 0.25) is 0 Å². The molecule has 62 heavy (non-hydrogen) atoms. The Morgan fingerprint density at radius 1 is 0.500 bits per heavy atom. The van der Waals surface area contributed by atoms with Gasteiger partial charge in [-0.15, -0.1) is 0 Å². The Balaban J connectivity index is 4.81. The molecule has 0 saturated carbocycles. The van der Waals surface area contributed by atoms with Gasteiger partial charge in [-0.05, 0) is 89.9 Å². The van der Waals surface area contributed by atoms with E-state index in [0.717, 1.165) is 89.9 Å². The molecule has 0 aromatic rings. The highest BCUT2D eigenvalue weighted by molar-refractivity contribution is 5.77. The van der Waals surface area contributed by atoms with E-state index >= 15 is 0 Å². The van der Waals surface area contributed by atoms with E-state index in [0.29, 0.717) is 25.7 Å². The van der Waals surface area contributed by atoms with Gasteiger partial charge in [-0.25, -0.2) is 0 Å². The Bertz CT molecular complexity index is 1280. The van der Waals surface area contributed by atoms with Crippen LogP contribution < -0.4 is 5.32 Å². The number of hydrogen-bond donors (Lipinski definition) is 3. The Morgan fingerprint density at radius 2 is 0.935 bits per heavy atom. The van der Waals surface area contributed by atoms with Crippen LogP contribution in [0.5, 0.6) is 0 Å². The van der Waals surface area contributed by atoms with Gasteiger partial charge < -0.3 is 20.3 Å². The van der Waals surface area contributed by atoms with Gasteiger partial charge in [-0.3, -0.25) is 9.59 Å². The molecule has 0 fully saturated rings. The summed E-state index contributed by atoms with van der Waals surface area (Å²) in [4.78, 5) is 26.1. The second-order valence-corrected chi connectivity index (χ2v) is 16.6. The van der Waals surface area contributed by atoms with Crippen LogP contribution in [0.15, 0.2) is 109 Å². The van der Waals surface area contributed by atoms with Crippen molar-refractivity contribution < 1.29 is 24.5 Å². The maximum Gasteiger partial charge on any atom is 0.306 e. The molecule has 1 amide bonds. The van der Waals surface area contributed by atoms with Crippen molar-refractivity contribution in [2.75, 3.05) is 6.61 Å². The molecule has 3 N–H and O–H groups in total. The zero-order valence-corrected chi connectivity index (χ0v) is 40.0. The number of carbonyl (C=O) groups is 2. The van der Waals surface area contributed by atoms with Gasteiger partial charge in [0.05, 0.1) is 25.2 Å². The quantitative estimate of drug-likeness (QED) is 0.0246. The second kappa shape index (κ2) is 48.6. The lowest BCUT2D eigenvalue weighted by molar-refractivity contribution is -0.151. The minimum absolute atomic E-state index is 0.0220. The largest absolute Gasteiger partial charge is 0.462 e. The summed E-state index contributed by atoms with van der Waals surface area (Å²) in [6, 6.07) is -0.732. The van der Waals surface area contributed by atoms with Crippen molar-refractivity contribution in [1.82, 2.24) is 5.32 Å². The van der Waals surface area contributed by atoms with Crippen molar-refractivity contribution in [3.05, 3.63) is 109 Å². The van der Waals surface area contributed by atoms with E-state index < -0.39 is 18.2 Å². The summed E-state index contributed by atoms with van der Waals surface area (Å²) in [6.45, 7) is 6.28. The lowest BCUT2D eigenvalue weighted by atomic mass is 10.0. The molecule has 0 heterocycles. The first-order chi connectivity index (χ1) is 30.5. The Hall–Kier alpha value is -3.48. The van der Waals surface area contributed by atoms with Crippen LogP contribution in [0.25, 0.3) is 0 Å². The summed E-state index contributed by atoms with van der Waals surface area (Å²) < 4.78 is 5.88. The monoisotopic (exact) mass is 860 g/mol. The first kappa shape index (κ1) is 58.5. The van der Waals surface area contributed by atoms with Crippen molar-refractivity contribution in [3.8, 4) is 0 Å². The first-order valence-corrected chi connectivity index (χ1v) is 25.2. The standard InChI is InChI=1S/C56H93NO5/c1-4-7-10-13-16-19-22-24-26-28-30-32-34-37-40-43-46-49-56(61)62-52(47-44-41-38-35-33-31-29-27-25-23-20-17-14-11-8-5-2)50-55(60)57-53(51-58)54(59)48-45-42-39-36-21-18-15-12-9-6-3/h7,10,16-17,19-20,23-27,29-33,37,40,52-54,58-59H,4-6,8-9,11-15,18,21-22,28,34-36,38-39,41-51H2,1-3H3,(H,57,60)/b10-7-,19-16-,20-17+,25-23+,26-24-,29-27+,32-30-,33-31+,40-37-. The van der Waals surface area contributed by atoms with Gasteiger partial charge in [0.1, 0.15) is 6.10 Å². The van der Waals surface area contributed by atoms with Crippen LogP contribution in [0.3, 0.4) is 0 Å². The number of esters is 1. The van der Waals surface area contributed by atoms with Crippen LogP contribution in [-0.2, 0) is 14.3 Å². The maximum absolute atomic E-state index is 13.2. The van der Waals surface area contributed by atoms with Crippen molar-refractivity contribution >= 4 is 11.9 Å². The molecular weight excluding hydrogens is 767 g/mol. The molecule has 3 atom stereocenters. The number of allylic oxidation sites excluding steroid dienone is 18. The Morgan fingerprint density at radius 3 is 1.48 bits per heavy atom. The summed E-state index contributed by atoms with van der Waals surface area (Å²) in [5.41, 5.74) is 0. The van der Waals surface area contributed by atoms with Crippen LogP contribution in [-0.4, -0.2) is 46.9 Å². The number of amides is 1. The zero-order valence-electron chi connectivity index (χ0n) is 40.0. The highest BCUT2D eigenvalue weighted by atomic mass is 16.5. The highest BCUT2D eigenvalue weighted by Crippen LogP contribution is 2.16. The van der Waals surface area contributed by atoms with Crippen molar-refractivity contribution in [2.24, 2.45) is 0 Å². The topological polar surface area (TPSA) is 95.9 Å². The van der Waals surface area contributed by atoms with Crippen LogP contribution in [0.4, 0.5) is 0 Å². The molecule has 3 unspecified atom stereocenters. The SMILES string of the molecule is CC/C=C\C/C=C\C/C=C\C/C=C\C/C=C\CCCC(=O)OC(CCCCC/C=C/C=C/C=C/C=C/CCCCC)CC(=O)NC(CO)C(O)CCCCCCCCCCCC. The molecule has 0 spiro atoms. The third-order valence-corrected chi connectivity index (χ3v) is 10.7. The molecule has 0 saturated heterocycles. The number of rotatable bonds is 43. The third-order valence-electron chi connectivity index (χ3n) is 10.7. The van der Waals surface area contributed by atoms with Gasteiger partial charge in [0.25, 0.3) is 0 Å². The van der Waals surface area contributed by atoms with Crippen molar-refractivity contribution in [1.29, 1.82) is 0 Å². The average Bonchev–Trinajstić information content (AvgIpc) is 3.26. The van der Waals surface area contributed by atoms with Gasteiger partial charge >= 0.3 is 5.97 Å². The number of ether oxygens (including phenoxy) is 1. The fourth-order valence-electron chi connectivity index (χ4n) is 6.89. The fraction of sp³-hybridized carbons (Fsp3) is 0.643. The molecule has 0 aromatic heterocycles. The lowest BCUT2D eigenvalue weighted by Crippen LogP contribution is -2.46. The molecule has 6 heteroatoms. The van der Waals surface area contributed by atoms with E-state index in [9.17, 15) is 19.8 Å². The van der Waals surface area contributed by atoms with E-state index in [4.69, 9.17) is 4.74 Å². The number of carbonyl (C=O) groups excluding carboxylic acids is 2. The van der Waals surface area contributed by atoms with Gasteiger partial charge in [-0.1, -0.05) is 214 Å². The molecule has 352 valence electrons. The highest BCUT2D eigenvalue weighted by Gasteiger charge is 2.24. The second-order valence-electron chi connectivity index (χ2n) is 16.6. The smallest absolute Gasteiger partial charge is 0.306 e. The molecule has 0 aliphatic heterocycles. The molecular formula is C56H93NO5. The maximum atomic E-state index is 13.2. The minimum Gasteiger partial charge on any atom is -0.462 e. The molecule has 0 bridgehead atoms. The third kappa shape index (κ3) is 43.2. The molecule has 0 aliphatic carbocycles. The number of aliphatic hydroxyl groups excluding tert-OH is 2. The van der Waals surface area contributed by atoms with E-state index in [1.54, 1.807) is 0 Å². The summed E-state index contributed by atoms with van der Waals surface area (Å²) in [5.74, 6) is -0.593. The van der Waals surface area contributed by atoms with E-state index in [1.807, 2.05) is 18.2 Å². The molecule has 6 nitrogen and oxygen atoms in total. The summed E-state index contributed by atoms with van der Waals surface area (Å²) >= 11 is 0. The van der Waals surface area contributed by atoms with Crippen molar-refractivity contribution in [3.63, 3.8) is 0 Å². The number of nitrogens with one attached hydrogen (secondary N) is 1. The molecule has 0 radical (unpaired) electrons. The summed E-state index contributed by atoms with van der Waals surface area (Å²) in [5, 5.41) is 23.7. The Kier molecular flexibility index (Phi) is 45.8. The van der Waals surface area contributed by atoms with Gasteiger partial charge in [0.15, 0.2) is 0 Å². The summed E-state index contributed by atoms with van der Waals surface area (Å²) in [7, 11) is 0. The molecule has 0 aromatic carbocycles. The number of aliphatic hydroxyl groups is 2. The zero-order chi connectivity index (χ0) is 45.2. The van der Waals surface area contributed by atoms with Crippen LogP contribution in [0.1, 0.15) is 207 Å². The van der Waals surface area contributed by atoms with Crippen LogP contribution in [0, 0.1) is 0 Å². The molecule has 0 aliphatic rings. The summed E-state index contributed by atoms with van der Waals surface area (Å²) in [6.07, 6.45) is 65.7. The van der Waals surface area contributed by atoms with E-state index in [1.165, 1.54) is 64.2 Å². The minimum atomic E-state index is -0.814. The Labute approximate surface area is 381 Å². The molecule has 0 rings (SSSR count). The van der Waals surface area contributed by atoms with Gasteiger partial charge in [0, 0.05) is 6.42 Å². The van der Waals surface area contributed by atoms with Crippen LogP contribution >= 0.6 is 0 Å². The van der Waals surface area contributed by atoms with E-state index in [-0.39, 0.29) is 24.9 Å². The number of unbranched alkanes of at least 4 members (excludes halogenated alkanes) is 16. The average molecular weight is 860 g/mol. The van der Waals surface area contributed by atoms with Gasteiger partial charge in [0.2, 0.25) is 5.91 Å². The lowest BCUT2D eigenvalue weighted by Gasteiger charge is -2.24. The predicted octanol–water partition coefficient (Wildman–Crippen LogP) is 15.1.